The molecule has 1 heterocycles. The van der Waals surface area contributed by atoms with Gasteiger partial charge in [0.1, 0.15) is 5.75 Å². The minimum absolute atomic E-state index is 0.521. The summed E-state index contributed by atoms with van der Waals surface area (Å²) in [6.45, 7) is 2.86. The normalized spacial score (nSPS) is 12.4. The molecular weight excluding hydrogens is 308 g/mol. The van der Waals surface area contributed by atoms with Crippen molar-refractivity contribution in [1.29, 1.82) is 0 Å². The number of hydrogen-bond donors (Lipinski definition) is 1. The molecule has 1 aromatic heterocycles. The van der Waals surface area contributed by atoms with E-state index >= 15 is 0 Å². The van der Waals surface area contributed by atoms with Gasteiger partial charge in [-0.2, -0.15) is 5.10 Å². The minimum atomic E-state index is -0.609. The molecule has 19 heavy (non-hydrogen) atoms. The molecule has 1 atom stereocenters. The van der Waals surface area contributed by atoms with E-state index in [4.69, 9.17) is 4.74 Å². The first kappa shape index (κ1) is 14.1. The average Bonchev–Trinajstić information content (AvgIpc) is 2.86. The fourth-order valence-corrected chi connectivity index (χ4v) is 2.36. The van der Waals surface area contributed by atoms with Gasteiger partial charge in [-0.05, 0) is 30.7 Å². The summed E-state index contributed by atoms with van der Waals surface area (Å²) >= 11 is 3.41. The Kier molecular flexibility index (Phi) is 4.61. The van der Waals surface area contributed by atoms with Crippen LogP contribution in [0, 0.1) is 0 Å². The predicted octanol–water partition coefficient (Wildman–Crippen LogP) is 2.95. The largest absolute Gasteiger partial charge is 0.496 e. The molecule has 0 spiro atoms. The highest BCUT2D eigenvalue weighted by Gasteiger charge is 2.15. The van der Waals surface area contributed by atoms with E-state index in [0.29, 0.717) is 12.2 Å². The molecule has 5 heteroatoms. The van der Waals surface area contributed by atoms with Crippen LogP contribution < -0.4 is 4.74 Å². The van der Waals surface area contributed by atoms with Crippen LogP contribution in [0.3, 0.4) is 0 Å². The molecule has 0 saturated carbocycles. The van der Waals surface area contributed by atoms with Crippen molar-refractivity contribution >= 4 is 15.9 Å². The summed E-state index contributed by atoms with van der Waals surface area (Å²) in [6.07, 6.45) is 3.65. The van der Waals surface area contributed by atoms with Crippen LogP contribution >= 0.6 is 15.9 Å². The Morgan fingerprint density at radius 1 is 1.47 bits per heavy atom. The third kappa shape index (κ3) is 3.36. The Bertz CT molecular complexity index is 554. The number of aryl methyl sites for hydroxylation is 1. The zero-order valence-corrected chi connectivity index (χ0v) is 12.6. The fraction of sp³-hybridized carbons (Fsp3) is 0.357. The summed E-state index contributed by atoms with van der Waals surface area (Å²) in [4.78, 5) is 0. The SMILES string of the molecule is CCn1cc(CC(O)c2cc(Br)ccc2OC)cn1. The van der Waals surface area contributed by atoms with Crippen molar-refractivity contribution in [2.75, 3.05) is 7.11 Å². The summed E-state index contributed by atoms with van der Waals surface area (Å²) in [6, 6.07) is 5.62. The van der Waals surface area contributed by atoms with E-state index in [1.807, 2.05) is 36.0 Å². The van der Waals surface area contributed by atoms with Gasteiger partial charge in [-0.3, -0.25) is 4.68 Å². The summed E-state index contributed by atoms with van der Waals surface area (Å²) in [5.41, 5.74) is 1.79. The van der Waals surface area contributed by atoms with E-state index in [-0.39, 0.29) is 0 Å². The van der Waals surface area contributed by atoms with Crippen LogP contribution in [0.5, 0.6) is 5.75 Å². The van der Waals surface area contributed by atoms with Gasteiger partial charge in [-0.1, -0.05) is 15.9 Å². The number of aliphatic hydroxyl groups is 1. The van der Waals surface area contributed by atoms with Gasteiger partial charge in [0.25, 0.3) is 0 Å². The highest BCUT2D eigenvalue weighted by atomic mass is 79.9. The smallest absolute Gasteiger partial charge is 0.124 e. The Hall–Kier alpha value is -1.33. The third-order valence-electron chi connectivity index (χ3n) is 2.99. The molecule has 0 amide bonds. The number of aliphatic hydroxyl groups excluding tert-OH is 1. The number of methoxy groups -OCH3 is 1. The van der Waals surface area contributed by atoms with E-state index in [2.05, 4.69) is 21.0 Å². The molecule has 0 bridgehead atoms. The van der Waals surface area contributed by atoms with Crippen molar-refractivity contribution < 1.29 is 9.84 Å². The van der Waals surface area contributed by atoms with Crippen LogP contribution in [0.4, 0.5) is 0 Å². The number of benzene rings is 1. The monoisotopic (exact) mass is 324 g/mol. The molecular formula is C14H17BrN2O2. The molecule has 0 saturated heterocycles. The lowest BCUT2D eigenvalue weighted by molar-refractivity contribution is 0.174. The maximum Gasteiger partial charge on any atom is 0.124 e. The number of aromatic nitrogens is 2. The van der Waals surface area contributed by atoms with Crippen molar-refractivity contribution in [3.05, 3.63) is 46.2 Å². The van der Waals surface area contributed by atoms with Gasteiger partial charge in [0.05, 0.1) is 19.4 Å². The van der Waals surface area contributed by atoms with Crippen molar-refractivity contribution in [2.24, 2.45) is 0 Å². The second-order valence-electron chi connectivity index (χ2n) is 4.31. The maximum atomic E-state index is 10.4. The lowest BCUT2D eigenvalue weighted by atomic mass is 10.0. The quantitative estimate of drug-likeness (QED) is 0.919. The second-order valence-corrected chi connectivity index (χ2v) is 5.23. The number of nitrogens with zero attached hydrogens (tertiary/aromatic N) is 2. The molecule has 0 fully saturated rings. The van der Waals surface area contributed by atoms with Crippen molar-refractivity contribution in [3.63, 3.8) is 0 Å². The highest BCUT2D eigenvalue weighted by Crippen LogP contribution is 2.30. The summed E-state index contributed by atoms with van der Waals surface area (Å²) in [5.74, 6) is 0.693. The second kappa shape index (κ2) is 6.21. The van der Waals surface area contributed by atoms with Gasteiger partial charge >= 0.3 is 0 Å². The third-order valence-corrected chi connectivity index (χ3v) is 3.48. The molecule has 1 aromatic carbocycles. The molecule has 1 unspecified atom stereocenters. The number of halogens is 1. The van der Waals surface area contributed by atoms with Gasteiger partial charge in [0, 0.05) is 29.2 Å². The van der Waals surface area contributed by atoms with Gasteiger partial charge < -0.3 is 9.84 Å². The summed E-state index contributed by atoms with van der Waals surface area (Å²) in [7, 11) is 1.61. The predicted molar refractivity (Wildman–Crippen MR) is 77.3 cm³/mol. The molecule has 2 aromatic rings. The van der Waals surface area contributed by atoms with Crippen molar-refractivity contribution in [3.8, 4) is 5.75 Å². The number of ether oxygens (including phenoxy) is 1. The van der Waals surface area contributed by atoms with Crippen LogP contribution in [0.15, 0.2) is 35.1 Å². The van der Waals surface area contributed by atoms with Crippen LogP contribution in [0.2, 0.25) is 0 Å². The number of rotatable bonds is 5. The van der Waals surface area contributed by atoms with Crippen LogP contribution in [0.1, 0.15) is 24.2 Å². The van der Waals surface area contributed by atoms with Crippen LogP contribution in [-0.2, 0) is 13.0 Å². The Morgan fingerprint density at radius 2 is 2.26 bits per heavy atom. The zero-order valence-electron chi connectivity index (χ0n) is 11.0. The first-order chi connectivity index (χ1) is 9.13. The summed E-state index contributed by atoms with van der Waals surface area (Å²) in [5, 5.41) is 14.6. The molecule has 0 radical (unpaired) electrons. The fourth-order valence-electron chi connectivity index (χ4n) is 1.98. The van der Waals surface area contributed by atoms with Gasteiger partial charge in [0.15, 0.2) is 0 Å². The first-order valence-corrected chi connectivity index (χ1v) is 6.96. The van der Waals surface area contributed by atoms with Crippen molar-refractivity contribution in [2.45, 2.75) is 26.0 Å². The van der Waals surface area contributed by atoms with Crippen molar-refractivity contribution in [1.82, 2.24) is 9.78 Å². The highest BCUT2D eigenvalue weighted by molar-refractivity contribution is 9.10. The Morgan fingerprint density at radius 3 is 2.89 bits per heavy atom. The van der Waals surface area contributed by atoms with Gasteiger partial charge in [0.2, 0.25) is 0 Å². The van der Waals surface area contributed by atoms with E-state index in [1.54, 1.807) is 13.3 Å². The van der Waals surface area contributed by atoms with E-state index in [0.717, 1.165) is 22.1 Å². The molecule has 0 aliphatic heterocycles. The van der Waals surface area contributed by atoms with Gasteiger partial charge in [-0.25, -0.2) is 0 Å². The lowest BCUT2D eigenvalue weighted by Gasteiger charge is -2.14. The molecule has 0 aliphatic carbocycles. The first-order valence-electron chi connectivity index (χ1n) is 6.17. The molecule has 1 N–H and O–H groups in total. The molecule has 0 aliphatic rings. The van der Waals surface area contributed by atoms with Crippen LogP contribution in [0.25, 0.3) is 0 Å². The molecule has 102 valence electrons. The molecule has 2 rings (SSSR count). The van der Waals surface area contributed by atoms with E-state index in [9.17, 15) is 5.11 Å². The average molecular weight is 325 g/mol. The zero-order chi connectivity index (χ0) is 13.8. The van der Waals surface area contributed by atoms with E-state index in [1.165, 1.54) is 0 Å². The Balaban J connectivity index is 2.19. The Labute approximate surface area is 121 Å². The topological polar surface area (TPSA) is 47.3 Å². The van der Waals surface area contributed by atoms with Gasteiger partial charge in [-0.15, -0.1) is 0 Å². The lowest BCUT2D eigenvalue weighted by Crippen LogP contribution is -2.04. The summed E-state index contributed by atoms with van der Waals surface area (Å²) < 4.78 is 8.05. The standard InChI is InChI=1S/C14H17BrN2O2/c1-3-17-9-10(8-16-17)6-13(18)12-7-11(15)4-5-14(12)19-2/h4-5,7-9,13,18H,3,6H2,1-2H3. The molecule has 4 nitrogen and oxygen atoms in total. The number of hydrogen-bond acceptors (Lipinski definition) is 3. The maximum absolute atomic E-state index is 10.4. The minimum Gasteiger partial charge on any atom is -0.496 e. The van der Waals surface area contributed by atoms with E-state index < -0.39 is 6.10 Å². The van der Waals surface area contributed by atoms with Crippen LogP contribution in [-0.4, -0.2) is 22.0 Å².